The number of hydrogen-bond acceptors (Lipinski definition) is 2. The van der Waals surface area contributed by atoms with Gasteiger partial charge in [0, 0.05) is 21.7 Å². The lowest BCUT2D eigenvalue weighted by Crippen LogP contribution is -1.90. The quantitative estimate of drug-likeness (QED) is 0.372. The standard InChI is InChI=1S/C17H12Cl3NS/c1-10-8-16(21-15-5-3-2-4-11(10)15)22-9-12-13(18)6-7-14(19)17(12)20/h2-8H,9H2,1H3. The number of thioether (sulfide) groups is 1. The second kappa shape index (κ2) is 6.67. The second-order valence-corrected chi connectivity index (χ2v) is 7.09. The van der Waals surface area contributed by atoms with Gasteiger partial charge in [0.1, 0.15) is 0 Å². The first-order chi connectivity index (χ1) is 10.6. The van der Waals surface area contributed by atoms with E-state index < -0.39 is 0 Å². The van der Waals surface area contributed by atoms with E-state index in [4.69, 9.17) is 34.8 Å². The topological polar surface area (TPSA) is 12.9 Å². The largest absolute Gasteiger partial charge is 0.241 e. The fourth-order valence-corrected chi connectivity index (χ4v) is 4.09. The highest BCUT2D eigenvalue weighted by atomic mass is 35.5. The molecule has 22 heavy (non-hydrogen) atoms. The highest BCUT2D eigenvalue weighted by Gasteiger charge is 2.11. The first-order valence-corrected chi connectivity index (χ1v) is 8.80. The molecular weight excluding hydrogens is 357 g/mol. The Balaban J connectivity index is 1.90. The Kier molecular flexibility index (Phi) is 4.84. The molecule has 0 atom stereocenters. The molecule has 5 heteroatoms. The van der Waals surface area contributed by atoms with Crippen molar-refractivity contribution in [2.45, 2.75) is 17.7 Å². The first kappa shape index (κ1) is 15.9. The maximum Gasteiger partial charge on any atom is 0.0973 e. The Morgan fingerprint density at radius 3 is 2.55 bits per heavy atom. The smallest absolute Gasteiger partial charge is 0.0973 e. The Bertz CT molecular complexity index is 849. The number of aromatic nitrogens is 1. The molecule has 3 rings (SSSR count). The summed E-state index contributed by atoms with van der Waals surface area (Å²) in [6, 6.07) is 13.7. The van der Waals surface area contributed by atoms with Crippen LogP contribution in [0.3, 0.4) is 0 Å². The molecule has 3 aromatic rings. The van der Waals surface area contributed by atoms with Crippen molar-refractivity contribution >= 4 is 57.5 Å². The summed E-state index contributed by atoms with van der Waals surface area (Å²) in [5.74, 6) is 0.628. The lowest BCUT2D eigenvalue weighted by atomic mass is 10.1. The minimum Gasteiger partial charge on any atom is -0.241 e. The van der Waals surface area contributed by atoms with E-state index in [1.807, 2.05) is 18.2 Å². The van der Waals surface area contributed by atoms with Crippen LogP contribution in [0, 0.1) is 6.92 Å². The van der Waals surface area contributed by atoms with Gasteiger partial charge in [0.15, 0.2) is 0 Å². The number of benzene rings is 2. The molecule has 2 aromatic carbocycles. The van der Waals surface area contributed by atoms with Gasteiger partial charge in [0.2, 0.25) is 0 Å². The molecule has 0 aliphatic rings. The van der Waals surface area contributed by atoms with Crippen LogP contribution < -0.4 is 0 Å². The minimum absolute atomic E-state index is 0.513. The molecule has 0 N–H and O–H groups in total. The molecule has 0 spiro atoms. The average molecular weight is 369 g/mol. The lowest BCUT2D eigenvalue weighted by Gasteiger charge is -2.09. The highest BCUT2D eigenvalue weighted by molar-refractivity contribution is 7.98. The van der Waals surface area contributed by atoms with Crippen LogP contribution in [-0.4, -0.2) is 4.98 Å². The van der Waals surface area contributed by atoms with Gasteiger partial charge in [0.25, 0.3) is 0 Å². The van der Waals surface area contributed by atoms with Crippen LogP contribution in [0.15, 0.2) is 47.5 Å². The van der Waals surface area contributed by atoms with Gasteiger partial charge in [0.05, 0.1) is 20.6 Å². The fraction of sp³-hybridized carbons (Fsp3) is 0.118. The van der Waals surface area contributed by atoms with E-state index in [1.165, 1.54) is 10.9 Å². The Hall–Kier alpha value is -0.930. The van der Waals surface area contributed by atoms with Crippen molar-refractivity contribution in [1.82, 2.24) is 4.98 Å². The van der Waals surface area contributed by atoms with Crippen LogP contribution in [0.4, 0.5) is 0 Å². The van der Waals surface area contributed by atoms with Crippen molar-refractivity contribution in [1.29, 1.82) is 0 Å². The molecule has 0 saturated carbocycles. The predicted octanol–water partition coefficient (Wildman–Crippen LogP) is 6.80. The minimum atomic E-state index is 0.513. The van der Waals surface area contributed by atoms with Crippen LogP contribution in [0.1, 0.15) is 11.1 Å². The number of para-hydroxylation sites is 1. The monoisotopic (exact) mass is 367 g/mol. The van der Waals surface area contributed by atoms with Crippen LogP contribution in [-0.2, 0) is 5.75 Å². The Labute approximate surface area is 148 Å². The Morgan fingerprint density at radius 1 is 1.00 bits per heavy atom. The van der Waals surface area contributed by atoms with Crippen molar-refractivity contribution < 1.29 is 0 Å². The second-order valence-electron chi connectivity index (χ2n) is 4.90. The summed E-state index contributed by atoms with van der Waals surface area (Å²) >= 11 is 20.1. The van der Waals surface area contributed by atoms with E-state index in [0.717, 1.165) is 16.1 Å². The molecule has 1 heterocycles. The Morgan fingerprint density at radius 2 is 1.73 bits per heavy atom. The third kappa shape index (κ3) is 3.21. The van der Waals surface area contributed by atoms with Crippen molar-refractivity contribution in [3.05, 3.63) is 68.7 Å². The van der Waals surface area contributed by atoms with Crippen LogP contribution in [0.5, 0.6) is 0 Å². The molecule has 0 amide bonds. The summed E-state index contributed by atoms with van der Waals surface area (Å²) in [4.78, 5) is 4.68. The molecule has 1 nitrogen and oxygen atoms in total. The summed E-state index contributed by atoms with van der Waals surface area (Å²) in [6.07, 6.45) is 0. The molecule has 0 bridgehead atoms. The normalized spacial score (nSPS) is 11.1. The van der Waals surface area contributed by atoms with Gasteiger partial charge in [-0.1, -0.05) is 53.0 Å². The summed E-state index contributed by atoms with van der Waals surface area (Å²) in [5, 5.41) is 3.77. The summed E-state index contributed by atoms with van der Waals surface area (Å²) in [5.41, 5.74) is 3.04. The molecule has 0 radical (unpaired) electrons. The number of hydrogen-bond donors (Lipinski definition) is 0. The zero-order valence-electron chi connectivity index (χ0n) is 11.7. The number of halogens is 3. The molecular formula is C17H12Cl3NS. The molecule has 0 aliphatic carbocycles. The van der Waals surface area contributed by atoms with Gasteiger partial charge in [-0.25, -0.2) is 4.98 Å². The van der Waals surface area contributed by atoms with Gasteiger partial charge >= 0.3 is 0 Å². The first-order valence-electron chi connectivity index (χ1n) is 6.68. The third-order valence-electron chi connectivity index (χ3n) is 3.40. The van der Waals surface area contributed by atoms with Crippen LogP contribution in [0.2, 0.25) is 15.1 Å². The van der Waals surface area contributed by atoms with Gasteiger partial charge < -0.3 is 0 Å². The SMILES string of the molecule is Cc1cc(SCc2c(Cl)ccc(Cl)c2Cl)nc2ccccc12. The molecule has 0 fully saturated rings. The third-order valence-corrected chi connectivity index (χ3v) is 5.54. The number of fused-ring (bicyclic) bond motifs is 1. The van der Waals surface area contributed by atoms with Crippen LogP contribution in [0.25, 0.3) is 10.9 Å². The number of aryl methyl sites for hydroxylation is 1. The zero-order chi connectivity index (χ0) is 15.7. The summed E-state index contributed by atoms with van der Waals surface area (Å²) < 4.78 is 0. The van der Waals surface area contributed by atoms with Crippen molar-refractivity contribution in [3.8, 4) is 0 Å². The van der Waals surface area contributed by atoms with Crippen LogP contribution >= 0.6 is 46.6 Å². The van der Waals surface area contributed by atoms with Gasteiger partial charge in [-0.3, -0.25) is 0 Å². The molecule has 0 aliphatic heterocycles. The van der Waals surface area contributed by atoms with Crippen molar-refractivity contribution in [3.63, 3.8) is 0 Å². The molecule has 0 saturated heterocycles. The van der Waals surface area contributed by atoms with E-state index in [2.05, 4.69) is 24.0 Å². The lowest BCUT2D eigenvalue weighted by molar-refractivity contribution is 1.16. The van der Waals surface area contributed by atoms with E-state index in [0.29, 0.717) is 20.8 Å². The maximum absolute atomic E-state index is 6.24. The average Bonchev–Trinajstić information content (AvgIpc) is 2.51. The van der Waals surface area contributed by atoms with E-state index in [9.17, 15) is 0 Å². The number of rotatable bonds is 3. The maximum atomic E-state index is 6.24. The number of nitrogens with zero attached hydrogens (tertiary/aromatic N) is 1. The molecule has 1 aromatic heterocycles. The van der Waals surface area contributed by atoms with Gasteiger partial charge in [-0.15, -0.1) is 11.8 Å². The summed E-state index contributed by atoms with van der Waals surface area (Å²) in [7, 11) is 0. The van der Waals surface area contributed by atoms with E-state index in [1.54, 1.807) is 23.9 Å². The van der Waals surface area contributed by atoms with Crippen molar-refractivity contribution in [2.24, 2.45) is 0 Å². The molecule has 112 valence electrons. The molecule has 0 unspecified atom stereocenters. The van der Waals surface area contributed by atoms with E-state index >= 15 is 0 Å². The highest BCUT2D eigenvalue weighted by Crippen LogP contribution is 2.36. The van der Waals surface area contributed by atoms with Crippen molar-refractivity contribution in [2.75, 3.05) is 0 Å². The fourth-order valence-electron chi connectivity index (χ4n) is 2.24. The van der Waals surface area contributed by atoms with Gasteiger partial charge in [-0.2, -0.15) is 0 Å². The zero-order valence-corrected chi connectivity index (χ0v) is 14.8. The van der Waals surface area contributed by atoms with Gasteiger partial charge in [-0.05, 0) is 36.8 Å². The van der Waals surface area contributed by atoms with E-state index in [-0.39, 0.29) is 0 Å². The predicted molar refractivity (Wildman–Crippen MR) is 97.5 cm³/mol. The summed E-state index contributed by atoms with van der Waals surface area (Å²) in [6.45, 7) is 2.09. The number of pyridine rings is 1.